The Balaban J connectivity index is 1.45. The molecule has 0 fully saturated rings. The molecule has 70 heavy (non-hydrogen) atoms. The van der Waals surface area contributed by atoms with E-state index >= 15 is 0 Å². The van der Waals surface area contributed by atoms with E-state index in [-0.39, 0.29) is 72.1 Å². The highest BCUT2D eigenvalue weighted by Crippen LogP contribution is 2.44. The summed E-state index contributed by atoms with van der Waals surface area (Å²) in [5, 5.41) is 33.5. The van der Waals surface area contributed by atoms with Crippen molar-refractivity contribution in [2.24, 2.45) is 10.2 Å². The number of carbonyl (C=O) groups is 2. The highest BCUT2D eigenvalue weighted by Gasteiger charge is 2.29. The predicted molar refractivity (Wildman–Crippen MR) is 281 cm³/mol. The number of fused-ring (bicyclic) bond motifs is 8. The van der Waals surface area contributed by atoms with Gasteiger partial charge in [0.25, 0.3) is 11.8 Å². The van der Waals surface area contributed by atoms with Crippen molar-refractivity contribution in [2.45, 2.75) is 130 Å². The monoisotopic (exact) mass is 941 g/mol. The van der Waals surface area contributed by atoms with Crippen LogP contribution in [0.2, 0.25) is 0 Å². The lowest BCUT2D eigenvalue weighted by molar-refractivity contribution is -0.123. The topological polar surface area (TPSA) is 142 Å². The first-order chi connectivity index (χ1) is 32.8. The number of nitrogens with one attached hydrogen (secondary N) is 2. The molecule has 0 atom stereocenters. The largest absolute Gasteiger partial charge is 0.507 e. The smallest absolute Gasteiger partial charge is 0.277 e. The van der Waals surface area contributed by atoms with E-state index < -0.39 is 11.8 Å². The standard InChI is InChI=1S/C60H68N4O6/c1-57(2,3)47-25-39-21-43-29-49(59(7,8)9)31-45(55(43)69-35-51(65)63-61-33-37-17-13-14-18-37)23-41-27-48(58(4,5)6)28-42(54(41)68)24-46-32-50(60(10,11)12)30-44(22-40(26-47)53(39)67)56(46)70-36-52(66)64-62-34-38-19-15-16-20-38/h13-17,19,25-34,67-68H,21-24,35-36H2,1-12H3,(H,63,65)(H,64,66)/b61-33-,62-34+. The second-order valence-electron chi connectivity index (χ2n) is 22.7. The molecular weight excluding hydrogens is 873 g/mol. The highest BCUT2D eigenvalue weighted by molar-refractivity contribution is 5.86. The predicted octanol–water partition coefficient (Wildman–Crippen LogP) is 11.2. The van der Waals surface area contributed by atoms with Gasteiger partial charge in [-0.2, -0.15) is 10.2 Å². The molecule has 10 heteroatoms. The zero-order valence-electron chi connectivity index (χ0n) is 42.9. The molecule has 0 radical (unpaired) electrons. The van der Waals surface area contributed by atoms with Crippen molar-refractivity contribution in [3.05, 3.63) is 174 Å². The zero-order valence-corrected chi connectivity index (χ0v) is 42.9. The number of aromatic hydroxyl groups is 2. The van der Waals surface area contributed by atoms with Gasteiger partial charge in [0.05, 0.1) is 12.4 Å². The van der Waals surface area contributed by atoms with Crippen molar-refractivity contribution in [2.75, 3.05) is 13.2 Å². The van der Waals surface area contributed by atoms with Crippen LogP contribution in [-0.4, -0.2) is 47.7 Å². The number of rotatable bonds is 10. The van der Waals surface area contributed by atoms with E-state index in [2.05, 4.69) is 164 Å². The number of hydrogen-bond acceptors (Lipinski definition) is 8. The number of nitrogens with zero attached hydrogens (tertiary/aromatic N) is 2. The lowest BCUT2D eigenvalue weighted by Gasteiger charge is -2.28. The molecule has 7 rings (SSSR count). The van der Waals surface area contributed by atoms with Crippen LogP contribution in [0.5, 0.6) is 23.0 Å². The summed E-state index contributed by atoms with van der Waals surface area (Å²) in [7, 11) is 0. The van der Waals surface area contributed by atoms with Gasteiger partial charge < -0.3 is 19.7 Å². The van der Waals surface area contributed by atoms with Gasteiger partial charge in [0.15, 0.2) is 13.2 Å². The second kappa shape index (κ2) is 20.1. The minimum atomic E-state index is -0.447. The summed E-state index contributed by atoms with van der Waals surface area (Å²) in [6, 6.07) is 16.7. The number of phenols is 2. The maximum atomic E-state index is 13.4. The third-order valence-electron chi connectivity index (χ3n) is 12.7. The Hall–Kier alpha value is -7.12. The molecule has 4 aromatic carbocycles. The van der Waals surface area contributed by atoms with Gasteiger partial charge in [-0.1, -0.05) is 144 Å². The van der Waals surface area contributed by atoms with E-state index in [0.29, 0.717) is 33.8 Å². The quantitative estimate of drug-likeness (QED) is 0.0624. The fourth-order valence-corrected chi connectivity index (χ4v) is 8.55. The molecule has 0 spiro atoms. The van der Waals surface area contributed by atoms with Crippen molar-refractivity contribution >= 4 is 24.2 Å². The lowest BCUT2D eigenvalue weighted by atomic mass is 9.79. The number of phenolic OH excluding ortho intramolecular Hbond substituents is 2. The first-order valence-electron chi connectivity index (χ1n) is 24.0. The van der Waals surface area contributed by atoms with Crippen molar-refractivity contribution in [1.82, 2.24) is 10.9 Å². The van der Waals surface area contributed by atoms with Crippen molar-refractivity contribution in [3.63, 3.8) is 0 Å². The summed E-state index contributed by atoms with van der Waals surface area (Å²) >= 11 is 0. The number of carbonyl (C=O) groups excluding carboxylic acids is 2. The van der Waals surface area contributed by atoms with E-state index in [1.54, 1.807) is 12.2 Å². The first kappa shape index (κ1) is 50.7. The average molecular weight is 941 g/mol. The molecule has 3 aliphatic rings. The Morgan fingerprint density at radius 2 is 0.771 bits per heavy atom. The number of ether oxygens (including phenoxy) is 2. The molecule has 8 bridgehead atoms. The molecule has 0 heterocycles. The van der Waals surface area contributed by atoms with Crippen molar-refractivity contribution < 1.29 is 29.3 Å². The summed E-state index contributed by atoms with van der Waals surface area (Å²) in [5.41, 5.74) is 21.5. The summed E-state index contributed by atoms with van der Waals surface area (Å²) in [5.74, 6) is 0.369. The Kier molecular flexibility index (Phi) is 14.6. The fourth-order valence-electron chi connectivity index (χ4n) is 8.55. The molecule has 3 aliphatic carbocycles. The van der Waals surface area contributed by atoms with Crippen LogP contribution in [0.4, 0.5) is 0 Å². The molecule has 0 saturated carbocycles. The molecule has 0 saturated heterocycles. The van der Waals surface area contributed by atoms with Crippen LogP contribution in [0.25, 0.3) is 0 Å². The lowest BCUT2D eigenvalue weighted by Crippen LogP contribution is -2.25. The fraction of sp³-hybridized carbons (Fsp3) is 0.367. The van der Waals surface area contributed by atoms with Crippen LogP contribution in [0.15, 0.2) is 118 Å². The highest BCUT2D eigenvalue weighted by atomic mass is 16.5. The molecule has 4 aromatic rings. The summed E-state index contributed by atoms with van der Waals surface area (Å²) < 4.78 is 13.2. The van der Waals surface area contributed by atoms with Gasteiger partial charge in [-0.05, 0) is 113 Å². The summed E-state index contributed by atoms with van der Waals surface area (Å²) in [4.78, 5) is 26.8. The molecule has 364 valence electrons. The van der Waals surface area contributed by atoms with Crippen molar-refractivity contribution in [1.29, 1.82) is 0 Å². The molecular formula is C60H68N4O6. The maximum absolute atomic E-state index is 13.4. The summed E-state index contributed by atoms with van der Waals surface area (Å²) in [6.45, 7) is 25.2. The normalized spacial score (nSPS) is 14.6. The summed E-state index contributed by atoms with van der Waals surface area (Å²) in [6.07, 6.45) is 15.0. The van der Waals surface area contributed by atoms with E-state index in [1.807, 2.05) is 24.3 Å². The van der Waals surface area contributed by atoms with Crippen LogP contribution in [0, 0.1) is 0 Å². The van der Waals surface area contributed by atoms with Gasteiger partial charge in [-0.15, -0.1) is 11.5 Å². The first-order valence-corrected chi connectivity index (χ1v) is 24.0. The van der Waals surface area contributed by atoms with Crippen molar-refractivity contribution in [3.8, 4) is 23.0 Å². The van der Waals surface area contributed by atoms with Crippen LogP contribution in [0.1, 0.15) is 150 Å². The maximum Gasteiger partial charge on any atom is 0.277 e. The number of benzene rings is 4. The average Bonchev–Trinajstić information content (AvgIpc) is 3.99. The van der Waals surface area contributed by atoms with Gasteiger partial charge in [-0.25, -0.2) is 10.9 Å². The minimum absolute atomic E-state index is 0.132. The Morgan fingerprint density at radius 3 is 1.01 bits per heavy atom. The van der Waals surface area contributed by atoms with Crippen LogP contribution >= 0.6 is 0 Å². The molecule has 0 unspecified atom stereocenters. The molecule has 4 N–H and O–H groups in total. The third-order valence-corrected chi connectivity index (χ3v) is 12.7. The SMILES string of the molecule is CC(C)(C)c1cc2c(O)c(c1)Cc1cc(C(C)(C)C)cc(c1OCC(=O)N/N=C/C1=C=CC=C1)Cc1cc(C(C)(C)C)cc(c1O)Cc1cc(C(C)(C)C)cc(c1OCC(=O)N/N=C\C1=C=CC=C1)C2. The Morgan fingerprint density at radius 1 is 0.500 bits per heavy atom. The van der Waals surface area contributed by atoms with Gasteiger partial charge in [-0.3, -0.25) is 9.59 Å². The Bertz CT molecular complexity index is 2690. The van der Waals surface area contributed by atoms with Crippen LogP contribution in [0.3, 0.4) is 0 Å². The molecule has 2 amide bonds. The third kappa shape index (κ3) is 12.4. The van der Waals surface area contributed by atoms with Gasteiger partial charge in [0, 0.05) is 36.8 Å². The number of amides is 2. The van der Waals surface area contributed by atoms with E-state index in [4.69, 9.17) is 9.47 Å². The molecule has 10 nitrogen and oxygen atoms in total. The van der Waals surface area contributed by atoms with E-state index in [1.165, 1.54) is 12.4 Å². The number of allylic oxidation sites excluding steroid dienone is 6. The van der Waals surface area contributed by atoms with Gasteiger partial charge >= 0.3 is 0 Å². The Labute approximate surface area is 414 Å². The van der Waals surface area contributed by atoms with Crippen LogP contribution < -0.4 is 20.3 Å². The van der Waals surface area contributed by atoms with E-state index in [0.717, 1.165) is 55.7 Å². The van der Waals surface area contributed by atoms with Gasteiger partial charge in [0.2, 0.25) is 0 Å². The number of hydrogen-bond donors (Lipinski definition) is 4. The zero-order chi connectivity index (χ0) is 50.8. The second-order valence-corrected chi connectivity index (χ2v) is 22.7. The molecule has 0 aromatic heterocycles. The number of hydrazone groups is 2. The molecule has 0 aliphatic heterocycles. The minimum Gasteiger partial charge on any atom is -0.507 e. The van der Waals surface area contributed by atoms with Crippen LogP contribution in [-0.2, 0) is 56.9 Å². The van der Waals surface area contributed by atoms with E-state index in [9.17, 15) is 19.8 Å². The van der Waals surface area contributed by atoms with Gasteiger partial charge in [0.1, 0.15) is 23.0 Å².